The highest BCUT2D eigenvalue weighted by molar-refractivity contribution is 6.31. The fourth-order valence-electron chi connectivity index (χ4n) is 2.70. The Morgan fingerprint density at radius 3 is 2.47 bits per heavy atom. The summed E-state index contributed by atoms with van der Waals surface area (Å²) in [5.74, 6) is -0.205. The molecule has 2 unspecified atom stereocenters. The van der Waals surface area contributed by atoms with Gasteiger partial charge in [0.05, 0.1) is 5.41 Å². The molecule has 19 heavy (non-hydrogen) atoms. The third-order valence-electron chi connectivity index (χ3n) is 3.88. The predicted molar refractivity (Wildman–Crippen MR) is 73.0 cm³/mol. The van der Waals surface area contributed by atoms with Crippen LogP contribution in [0.25, 0.3) is 0 Å². The van der Waals surface area contributed by atoms with Gasteiger partial charge in [-0.1, -0.05) is 41.9 Å². The first-order chi connectivity index (χ1) is 9.17. The summed E-state index contributed by atoms with van der Waals surface area (Å²) in [4.78, 5) is 11.5. The highest BCUT2D eigenvalue weighted by Gasteiger charge is 2.56. The fraction of sp³-hybridized carbons (Fsp3) is 0.188. The molecule has 1 aliphatic rings. The molecular weight excluding hydrogens is 263 g/mol. The Morgan fingerprint density at radius 2 is 1.84 bits per heavy atom. The summed E-state index contributed by atoms with van der Waals surface area (Å²) in [5, 5.41) is 0.679. The highest BCUT2D eigenvalue weighted by Crippen LogP contribution is 2.60. The molecule has 0 bridgehead atoms. The molecule has 1 aliphatic carbocycles. The van der Waals surface area contributed by atoms with Gasteiger partial charge in [-0.2, -0.15) is 0 Å². The van der Waals surface area contributed by atoms with E-state index in [0.29, 0.717) is 5.02 Å². The van der Waals surface area contributed by atoms with E-state index in [-0.39, 0.29) is 11.7 Å². The summed E-state index contributed by atoms with van der Waals surface area (Å²) >= 11 is 6.18. The van der Waals surface area contributed by atoms with E-state index < -0.39 is 5.41 Å². The standard InChI is InChI=1S/C16H12ClFO/c17-15-4-2-1-3-13(15)14-9-16(14,10-19)11-5-7-12(18)8-6-11/h1-8,10,14H,9H2. The lowest BCUT2D eigenvalue weighted by Crippen LogP contribution is -2.11. The van der Waals surface area contributed by atoms with Crippen molar-refractivity contribution in [3.63, 3.8) is 0 Å². The fourth-order valence-corrected chi connectivity index (χ4v) is 2.97. The van der Waals surface area contributed by atoms with E-state index >= 15 is 0 Å². The number of rotatable bonds is 3. The Morgan fingerprint density at radius 1 is 1.16 bits per heavy atom. The molecule has 3 heteroatoms. The lowest BCUT2D eigenvalue weighted by Gasteiger charge is -2.11. The molecule has 0 heterocycles. The topological polar surface area (TPSA) is 17.1 Å². The first-order valence-corrected chi connectivity index (χ1v) is 6.52. The lowest BCUT2D eigenvalue weighted by atomic mass is 9.92. The van der Waals surface area contributed by atoms with Crippen molar-refractivity contribution in [1.29, 1.82) is 0 Å². The van der Waals surface area contributed by atoms with Crippen LogP contribution >= 0.6 is 11.6 Å². The van der Waals surface area contributed by atoms with Gasteiger partial charge in [0.15, 0.2) is 0 Å². The largest absolute Gasteiger partial charge is 0.302 e. The molecule has 2 aromatic carbocycles. The first kappa shape index (κ1) is 12.4. The van der Waals surface area contributed by atoms with Crippen LogP contribution in [0.2, 0.25) is 5.02 Å². The van der Waals surface area contributed by atoms with Gasteiger partial charge in [-0.25, -0.2) is 4.39 Å². The van der Waals surface area contributed by atoms with E-state index in [1.54, 1.807) is 12.1 Å². The quantitative estimate of drug-likeness (QED) is 0.770. The lowest BCUT2D eigenvalue weighted by molar-refractivity contribution is -0.110. The maximum absolute atomic E-state index is 13.0. The van der Waals surface area contributed by atoms with Crippen molar-refractivity contribution < 1.29 is 9.18 Å². The van der Waals surface area contributed by atoms with E-state index in [4.69, 9.17) is 11.6 Å². The third kappa shape index (κ3) is 1.96. The molecule has 0 radical (unpaired) electrons. The maximum atomic E-state index is 13.0. The molecule has 1 fully saturated rings. The zero-order valence-corrected chi connectivity index (χ0v) is 10.9. The van der Waals surface area contributed by atoms with Gasteiger partial charge in [-0.3, -0.25) is 0 Å². The summed E-state index contributed by atoms with van der Waals surface area (Å²) < 4.78 is 13.0. The molecule has 3 rings (SSSR count). The molecule has 2 atom stereocenters. The number of halogens is 2. The van der Waals surface area contributed by atoms with E-state index in [1.165, 1.54) is 12.1 Å². The molecule has 0 aromatic heterocycles. The molecule has 0 amide bonds. The average molecular weight is 275 g/mol. The molecule has 1 saturated carbocycles. The van der Waals surface area contributed by atoms with Crippen LogP contribution in [-0.2, 0) is 10.2 Å². The Kier molecular flexibility index (Phi) is 2.90. The third-order valence-corrected chi connectivity index (χ3v) is 4.22. The van der Waals surface area contributed by atoms with Crippen molar-refractivity contribution >= 4 is 17.9 Å². The van der Waals surface area contributed by atoms with Crippen LogP contribution in [0.3, 0.4) is 0 Å². The van der Waals surface area contributed by atoms with Crippen LogP contribution in [0, 0.1) is 5.82 Å². The molecular formula is C16H12ClFO. The zero-order chi connectivity index (χ0) is 13.5. The number of hydrogen-bond donors (Lipinski definition) is 0. The van der Waals surface area contributed by atoms with Gasteiger partial charge in [-0.15, -0.1) is 0 Å². The molecule has 1 nitrogen and oxygen atoms in total. The number of benzene rings is 2. The van der Waals surface area contributed by atoms with Crippen molar-refractivity contribution in [3.05, 3.63) is 70.5 Å². The second-order valence-corrected chi connectivity index (χ2v) is 5.35. The molecule has 2 aromatic rings. The van der Waals surface area contributed by atoms with Gasteiger partial charge in [0.1, 0.15) is 12.1 Å². The van der Waals surface area contributed by atoms with E-state index in [1.807, 2.05) is 24.3 Å². The highest BCUT2D eigenvalue weighted by atomic mass is 35.5. The van der Waals surface area contributed by atoms with Crippen molar-refractivity contribution in [2.45, 2.75) is 17.8 Å². The molecule has 0 N–H and O–H groups in total. The minimum absolute atomic E-state index is 0.0872. The van der Waals surface area contributed by atoms with Crippen LogP contribution < -0.4 is 0 Å². The number of carbonyl (C=O) groups is 1. The SMILES string of the molecule is O=CC1(c2ccc(F)cc2)CC1c1ccccc1Cl. The van der Waals surface area contributed by atoms with Gasteiger partial charge in [0.2, 0.25) is 0 Å². The summed E-state index contributed by atoms with van der Waals surface area (Å²) in [7, 11) is 0. The monoisotopic (exact) mass is 274 g/mol. The number of hydrogen-bond acceptors (Lipinski definition) is 1. The number of carbonyl (C=O) groups excluding carboxylic acids is 1. The van der Waals surface area contributed by atoms with Gasteiger partial charge in [-0.05, 0) is 35.7 Å². The molecule has 0 spiro atoms. The van der Waals surface area contributed by atoms with E-state index in [0.717, 1.165) is 23.8 Å². The van der Waals surface area contributed by atoms with Crippen LogP contribution in [0.15, 0.2) is 48.5 Å². The van der Waals surface area contributed by atoms with Crippen LogP contribution in [0.1, 0.15) is 23.5 Å². The van der Waals surface area contributed by atoms with Crippen LogP contribution in [0.4, 0.5) is 4.39 Å². The van der Waals surface area contributed by atoms with Gasteiger partial charge >= 0.3 is 0 Å². The Hall–Kier alpha value is -1.67. The molecule has 96 valence electrons. The predicted octanol–water partition coefficient (Wildman–Crippen LogP) is 4.10. The maximum Gasteiger partial charge on any atom is 0.131 e. The van der Waals surface area contributed by atoms with Gasteiger partial charge in [0, 0.05) is 10.9 Å². The molecule has 0 saturated heterocycles. The summed E-state index contributed by atoms with van der Waals surface area (Å²) in [5.41, 5.74) is 1.30. The van der Waals surface area contributed by atoms with Gasteiger partial charge < -0.3 is 4.79 Å². The van der Waals surface area contributed by atoms with Crippen molar-refractivity contribution in [2.75, 3.05) is 0 Å². The Balaban J connectivity index is 1.99. The van der Waals surface area contributed by atoms with E-state index in [2.05, 4.69) is 0 Å². The Labute approximate surface area is 116 Å². The number of aldehydes is 1. The summed E-state index contributed by atoms with van der Waals surface area (Å²) in [6.07, 6.45) is 1.69. The summed E-state index contributed by atoms with van der Waals surface area (Å²) in [6, 6.07) is 13.7. The van der Waals surface area contributed by atoms with Gasteiger partial charge in [0.25, 0.3) is 0 Å². The average Bonchev–Trinajstić information content (AvgIpc) is 3.16. The summed E-state index contributed by atoms with van der Waals surface area (Å²) in [6.45, 7) is 0. The molecule has 0 aliphatic heterocycles. The second kappa shape index (κ2) is 4.46. The van der Waals surface area contributed by atoms with Crippen molar-refractivity contribution in [2.24, 2.45) is 0 Å². The van der Waals surface area contributed by atoms with Crippen LogP contribution in [0.5, 0.6) is 0 Å². The Bertz CT molecular complexity index is 623. The zero-order valence-electron chi connectivity index (χ0n) is 10.1. The normalized spacial score (nSPS) is 25.1. The van der Waals surface area contributed by atoms with Crippen LogP contribution in [-0.4, -0.2) is 6.29 Å². The second-order valence-electron chi connectivity index (χ2n) is 4.94. The van der Waals surface area contributed by atoms with E-state index in [9.17, 15) is 9.18 Å². The van der Waals surface area contributed by atoms with Crippen molar-refractivity contribution in [3.8, 4) is 0 Å². The minimum atomic E-state index is -0.543. The first-order valence-electron chi connectivity index (χ1n) is 6.14. The smallest absolute Gasteiger partial charge is 0.131 e. The van der Waals surface area contributed by atoms with Crippen molar-refractivity contribution in [1.82, 2.24) is 0 Å². The minimum Gasteiger partial charge on any atom is -0.302 e.